The van der Waals surface area contributed by atoms with Gasteiger partial charge in [-0.3, -0.25) is 9.59 Å². The highest BCUT2D eigenvalue weighted by molar-refractivity contribution is 8.77. The largest absolute Gasteiger partial charge is 0.747 e. The Kier molecular flexibility index (Phi) is 9.42. The molecule has 0 fully saturated rings. The van der Waals surface area contributed by atoms with Crippen LogP contribution in [-0.2, 0) is 19.7 Å². The van der Waals surface area contributed by atoms with E-state index in [2.05, 4.69) is 0 Å². The van der Waals surface area contributed by atoms with Gasteiger partial charge in [-0.15, -0.1) is 0 Å². The molecule has 0 aromatic carbocycles. The van der Waals surface area contributed by atoms with Crippen LogP contribution in [0.25, 0.3) is 0 Å². The lowest BCUT2D eigenvalue weighted by Gasteiger charge is -2.24. The molecule has 0 spiro atoms. The highest BCUT2D eigenvalue weighted by Gasteiger charge is 2.28. The molecule has 1 atom stereocenters. The van der Waals surface area contributed by atoms with Crippen LogP contribution in [0.3, 0.4) is 0 Å². The molecule has 0 aliphatic heterocycles. The first-order chi connectivity index (χ1) is 10.3. The summed E-state index contributed by atoms with van der Waals surface area (Å²) in [6.45, 7) is 10.8. The van der Waals surface area contributed by atoms with Gasteiger partial charge in [0.1, 0.15) is 21.2 Å². The van der Waals surface area contributed by atoms with Crippen LogP contribution in [0.4, 0.5) is 0 Å². The van der Waals surface area contributed by atoms with Gasteiger partial charge in [-0.05, 0) is 20.3 Å². The Morgan fingerprint density at radius 1 is 1.09 bits per heavy atom. The van der Waals surface area contributed by atoms with Gasteiger partial charge >= 0.3 is 0 Å². The Hall–Kier alpha value is -0.0500. The quantitative estimate of drug-likeness (QED) is 0.307. The van der Waals surface area contributed by atoms with Crippen LogP contribution in [-0.4, -0.2) is 40.3 Å². The Balaban J connectivity index is 4.51. The minimum absolute atomic E-state index is 0.00865. The molecule has 0 saturated carbocycles. The molecule has 0 aromatic heterocycles. The Morgan fingerprint density at radius 3 is 2.00 bits per heavy atom. The molecule has 8 heteroatoms. The summed E-state index contributed by atoms with van der Waals surface area (Å²) in [4.78, 5) is 23.7. The lowest BCUT2D eigenvalue weighted by molar-refractivity contribution is -0.122. The van der Waals surface area contributed by atoms with E-state index >= 15 is 0 Å². The maximum absolute atomic E-state index is 11.9. The van der Waals surface area contributed by atoms with Crippen molar-refractivity contribution in [2.24, 2.45) is 11.8 Å². The van der Waals surface area contributed by atoms with Gasteiger partial charge in [-0.25, -0.2) is 8.42 Å². The summed E-state index contributed by atoms with van der Waals surface area (Å²) in [5.74, 6) is -0.480. The minimum Gasteiger partial charge on any atom is -0.747 e. The molecule has 0 aliphatic carbocycles. The second-order valence-corrected chi connectivity index (χ2v) is 11.5. The monoisotopic (exact) mass is 383 g/mol. The van der Waals surface area contributed by atoms with E-state index in [1.807, 2.05) is 27.7 Å². The van der Waals surface area contributed by atoms with Gasteiger partial charge in [0.2, 0.25) is 0 Å². The third-order valence-corrected chi connectivity index (χ3v) is 7.71. The van der Waals surface area contributed by atoms with Crippen LogP contribution in [0.15, 0.2) is 0 Å². The van der Waals surface area contributed by atoms with E-state index in [-0.39, 0.29) is 22.9 Å². The molecule has 0 rings (SSSR count). The number of rotatable bonds is 11. The first-order valence-corrected chi connectivity index (χ1v) is 11.4. The molecule has 0 amide bonds. The lowest BCUT2D eigenvalue weighted by atomic mass is 9.99. The lowest BCUT2D eigenvalue weighted by Crippen LogP contribution is -2.33. The van der Waals surface area contributed by atoms with Crippen molar-refractivity contribution in [2.75, 3.05) is 5.75 Å². The first-order valence-electron chi connectivity index (χ1n) is 7.59. The summed E-state index contributed by atoms with van der Waals surface area (Å²) in [7, 11) is -1.75. The van der Waals surface area contributed by atoms with E-state index in [1.54, 1.807) is 13.8 Å². The molecular formula is C15H27O5S3-. The number of carbonyl (C=O) groups excluding carboxylic acids is 2. The molecule has 0 bridgehead atoms. The highest BCUT2D eigenvalue weighted by Crippen LogP contribution is 2.39. The van der Waals surface area contributed by atoms with Crippen LogP contribution in [0.1, 0.15) is 54.4 Å². The van der Waals surface area contributed by atoms with Gasteiger partial charge in [0.05, 0.1) is 0 Å². The smallest absolute Gasteiger partial charge is 0.152 e. The molecule has 0 heterocycles. The van der Waals surface area contributed by atoms with Crippen LogP contribution in [0.5, 0.6) is 0 Å². The predicted octanol–water partition coefficient (Wildman–Crippen LogP) is 3.29. The van der Waals surface area contributed by atoms with Gasteiger partial charge in [0, 0.05) is 28.8 Å². The topological polar surface area (TPSA) is 91.3 Å². The predicted molar refractivity (Wildman–Crippen MR) is 96.5 cm³/mol. The molecule has 23 heavy (non-hydrogen) atoms. The van der Waals surface area contributed by atoms with Crippen molar-refractivity contribution in [2.45, 2.75) is 64.4 Å². The highest BCUT2D eigenvalue weighted by atomic mass is 33.1. The third-order valence-electron chi connectivity index (χ3n) is 3.23. The van der Waals surface area contributed by atoms with Gasteiger partial charge in [0.25, 0.3) is 0 Å². The standard InChI is InChI=1S/C15H28O5S3/c1-10(2)12(16)9-15(5,6)22-21-8-7-13(23(18,19)20)14(17)11(3)4/h10-11,13H,7-9H2,1-6H3,(H,18,19,20)/p-1. The van der Waals surface area contributed by atoms with Crippen molar-refractivity contribution in [3.8, 4) is 0 Å². The van der Waals surface area contributed by atoms with E-state index in [1.165, 1.54) is 21.6 Å². The van der Waals surface area contributed by atoms with E-state index < -0.39 is 27.1 Å². The van der Waals surface area contributed by atoms with Crippen LogP contribution in [0.2, 0.25) is 0 Å². The van der Waals surface area contributed by atoms with Crippen molar-refractivity contribution in [1.82, 2.24) is 0 Å². The average molecular weight is 384 g/mol. The van der Waals surface area contributed by atoms with E-state index in [9.17, 15) is 22.6 Å². The number of Topliss-reactive ketones (excluding diaryl/α,β-unsaturated/α-hetero) is 2. The zero-order valence-corrected chi connectivity index (χ0v) is 17.1. The van der Waals surface area contributed by atoms with Crippen LogP contribution >= 0.6 is 21.6 Å². The Morgan fingerprint density at radius 2 is 1.61 bits per heavy atom. The van der Waals surface area contributed by atoms with E-state index in [4.69, 9.17) is 0 Å². The fraction of sp³-hybridized carbons (Fsp3) is 0.867. The van der Waals surface area contributed by atoms with E-state index in [0.29, 0.717) is 12.2 Å². The normalized spacial score (nSPS) is 14.3. The molecule has 0 radical (unpaired) electrons. The second-order valence-electron chi connectivity index (χ2n) is 6.79. The maximum atomic E-state index is 11.9. The molecule has 0 aromatic rings. The summed E-state index contributed by atoms with van der Waals surface area (Å²) < 4.78 is 33.5. The van der Waals surface area contributed by atoms with Gasteiger partial charge in [0.15, 0.2) is 5.78 Å². The van der Waals surface area contributed by atoms with Crippen molar-refractivity contribution >= 4 is 43.3 Å². The summed E-state index contributed by atoms with van der Waals surface area (Å²) in [6.07, 6.45) is 0.436. The Bertz CT molecular complexity index is 509. The van der Waals surface area contributed by atoms with Crippen LogP contribution < -0.4 is 0 Å². The maximum Gasteiger partial charge on any atom is 0.152 e. The van der Waals surface area contributed by atoms with Crippen LogP contribution in [0, 0.1) is 11.8 Å². The summed E-state index contributed by atoms with van der Waals surface area (Å²) >= 11 is 0. The summed E-state index contributed by atoms with van der Waals surface area (Å²) in [5, 5.41) is -1.48. The third kappa shape index (κ3) is 9.12. The number of hydrogen-bond acceptors (Lipinski definition) is 7. The average Bonchev–Trinajstić information content (AvgIpc) is 2.35. The summed E-state index contributed by atoms with van der Waals surface area (Å²) in [5.41, 5.74) is 0. The number of carbonyl (C=O) groups is 2. The van der Waals surface area contributed by atoms with Crippen molar-refractivity contribution in [3.63, 3.8) is 0 Å². The summed E-state index contributed by atoms with van der Waals surface area (Å²) in [6, 6.07) is 0. The molecule has 5 nitrogen and oxygen atoms in total. The second kappa shape index (κ2) is 9.44. The zero-order chi connectivity index (χ0) is 18.4. The van der Waals surface area contributed by atoms with Crippen molar-refractivity contribution in [1.29, 1.82) is 0 Å². The fourth-order valence-corrected chi connectivity index (χ4v) is 5.53. The van der Waals surface area contributed by atoms with Crippen molar-refractivity contribution < 1.29 is 22.6 Å². The van der Waals surface area contributed by atoms with Gasteiger partial charge in [-0.2, -0.15) is 0 Å². The molecule has 0 saturated heterocycles. The molecule has 136 valence electrons. The minimum atomic E-state index is -4.63. The molecule has 0 aliphatic rings. The van der Waals surface area contributed by atoms with Crippen molar-refractivity contribution in [3.05, 3.63) is 0 Å². The fourth-order valence-electron chi connectivity index (χ4n) is 1.81. The Labute approximate surface area is 147 Å². The van der Waals surface area contributed by atoms with E-state index in [0.717, 1.165) is 0 Å². The first kappa shape index (κ1) is 22.9. The SMILES string of the molecule is CC(C)C(=O)CC(C)(C)SSCCC(C(=O)C(C)C)S(=O)(=O)[O-]. The van der Waals surface area contributed by atoms with Gasteiger partial charge in [-0.1, -0.05) is 49.3 Å². The molecule has 1 unspecified atom stereocenters. The molecule has 0 N–H and O–H groups in total. The number of ketones is 2. The molecular weight excluding hydrogens is 356 g/mol. The number of hydrogen-bond donors (Lipinski definition) is 0. The van der Waals surface area contributed by atoms with Gasteiger partial charge < -0.3 is 4.55 Å². The zero-order valence-electron chi connectivity index (χ0n) is 14.6.